The summed E-state index contributed by atoms with van der Waals surface area (Å²) in [4.78, 5) is 0. The zero-order valence-corrected chi connectivity index (χ0v) is 9.51. The molecule has 0 unspecified atom stereocenters. The van der Waals surface area contributed by atoms with Gasteiger partial charge in [0.25, 0.3) is 0 Å². The molecule has 0 fully saturated rings. The van der Waals surface area contributed by atoms with Crippen LogP contribution >= 0.6 is 0 Å². The van der Waals surface area contributed by atoms with E-state index in [0.29, 0.717) is 16.9 Å². The van der Waals surface area contributed by atoms with Crippen LogP contribution in [0.3, 0.4) is 0 Å². The van der Waals surface area contributed by atoms with Crippen LogP contribution in [0.4, 0.5) is 4.39 Å². The van der Waals surface area contributed by atoms with E-state index in [9.17, 15) is 4.39 Å². The number of rotatable bonds is 3. The monoisotopic (exact) mass is 239 g/mol. The van der Waals surface area contributed by atoms with E-state index in [2.05, 4.69) is 0 Å². The van der Waals surface area contributed by atoms with Crippen LogP contribution in [0.2, 0.25) is 0 Å². The molecule has 18 heavy (non-hydrogen) atoms. The third-order valence-electron chi connectivity index (χ3n) is 2.32. The summed E-state index contributed by atoms with van der Waals surface area (Å²) in [7, 11) is 0. The molecule has 2 rings (SSSR count). The number of nitrogens with zero attached hydrogens (tertiary/aromatic N) is 1. The van der Waals surface area contributed by atoms with Gasteiger partial charge in [-0.1, -0.05) is 18.2 Å². The van der Waals surface area contributed by atoms with Gasteiger partial charge in [-0.2, -0.15) is 5.26 Å². The summed E-state index contributed by atoms with van der Waals surface area (Å²) in [6, 6.07) is 11.6. The molecule has 0 bridgehead atoms. The molecule has 0 aliphatic carbocycles. The van der Waals surface area contributed by atoms with Crippen LogP contribution in [0.15, 0.2) is 59.2 Å². The molecule has 2 aromatic rings. The van der Waals surface area contributed by atoms with E-state index >= 15 is 0 Å². The van der Waals surface area contributed by atoms with Crippen molar-refractivity contribution in [1.29, 1.82) is 5.26 Å². The van der Waals surface area contributed by atoms with Crippen LogP contribution in [0, 0.1) is 17.1 Å². The van der Waals surface area contributed by atoms with Crippen LogP contribution in [-0.2, 0) is 0 Å². The van der Waals surface area contributed by atoms with E-state index in [0.717, 1.165) is 0 Å². The first-order valence-corrected chi connectivity index (χ1v) is 5.37. The minimum atomic E-state index is -0.358. The molecule has 0 spiro atoms. The number of halogens is 1. The van der Waals surface area contributed by atoms with Gasteiger partial charge in [-0.3, -0.25) is 0 Å². The van der Waals surface area contributed by atoms with Crippen molar-refractivity contribution in [3.05, 3.63) is 72.0 Å². The predicted molar refractivity (Wildman–Crippen MR) is 67.7 cm³/mol. The molecule has 0 saturated carbocycles. The Morgan fingerprint density at radius 2 is 2.17 bits per heavy atom. The lowest BCUT2D eigenvalue weighted by Crippen LogP contribution is -1.82. The van der Waals surface area contributed by atoms with Gasteiger partial charge in [-0.25, -0.2) is 4.39 Å². The van der Waals surface area contributed by atoms with Gasteiger partial charge in [0.05, 0.1) is 17.9 Å². The third-order valence-corrected chi connectivity index (χ3v) is 2.32. The van der Waals surface area contributed by atoms with E-state index in [1.165, 1.54) is 12.1 Å². The van der Waals surface area contributed by atoms with Crippen molar-refractivity contribution in [3.8, 4) is 6.07 Å². The molecular weight excluding hydrogens is 229 g/mol. The smallest absolute Gasteiger partial charge is 0.126 e. The lowest BCUT2D eigenvalue weighted by Gasteiger charge is -1.97. The first kappa shape index (κ1) is 11.9. The van der Waals surface area contributed by atoms with Gasteiger partial charge in [0, 0.05) is 0 Å². The second-order valence-corrected chi connectivity index (χ2v) is 3.58. The molecule has 1 aromatic carbocycles. The van der Waals surface area contributed by atoms with Crippen molar-refractivity contribution in [2.45, 2.75) is 0 Å². The van der Waals surface area contributed by atoms with Gasteiger partial charge in [-0.05, 0) is 42.0 Å². The summed E-state index contributed by atoms with van der Waals surface area (Å²) in [6.07, 6.45) is 6.62. The van der Waals surface area contributed by atoms with E-state index in [1.807, 2.05) is 6.07 Å². The molecular formula is C15H10FNO. The van der Waals surface area contributed by atoms with Crippen molar-refractivity contribution in [2.24, 2.45) is 0 Å². The van der Waals surface area contributed by atoms with E-state index in [-0.39, 0.29) is 5.82 Å². The minimum Gasteiger partial charge on any atom is -0.465 e. The van der Waals surface area contributed by atoms with Crippen molar-refractivity contribution >= 4 is 11.6 Å². The molecule has 2 nitrogen and oxygen atoms in total. The van der Waals surface area contributed by atoms with Gasteiger partial charge in [0.1, 0.15) is 11.6 Å². The first-order chi connectivity index (χ1) is 8.79. The predicted octanol–water partition coefficient (Wildman–Crippen LogP) is 4.04. The fourth-order valence-electron chi connectivity index (χ4n) is 1.48. The zero-order chi connectivity index (χ0) is 12.8. The van der Waals surface area contributed by atoms with Crippen LogP contribution < -0.4 is 0 Å². The number of nitriles is 1. The first-order valence-electron chi connectivity index (χ1n) is 5.37. The Labute approximate surface area is 104 Å². The Morgan fingerprint density at radius 1 is 1.28 bits per heavy atom. The molecule has 0 aliphatic heterocycles. The lowest BCUT2D eigenvalue weighted by molar-refractivity contribution is 0.557. The minimum absolute atomic E-state index is 0.358. The number of allylic oxidation sites excluding steroid dienone is 3. The highest BCUT2D eigenvalue weighted by molar-refractivity contribution is 5.78. The van der Waals surface area contributed by atoms with Crippen molar-refractivity contribution in [3.63, 3.8) is 0 Å². The van der Waals surface area contributed by atoms with Gasteiger partial charge in [0.2, 0.25) is 0 Å². The average Bonchev–Trinajstić information content (AvgIpc) is 2.88. The summed E-state index contributed by atoms with van der Waals surface area (Å²) in [6.45, 7) is 0. The van der Waals surface area contributed by atoms with Crippen LogP contribution in [0.25, 0.3) is 11.6 Å². The van der Waals surface area contributed by atoms with Gasteiger partial charge < -0.3 is 4.42 Å². The fourth-order valence-corrected chi connectivity index (χ4v) is 1.48. The standard InChI is InChI=1S/C15H10FNO/c16-14-6-1-4-12(10-14)13(11-17)5-2-7-15-8-3-9-18-15/h1-10H/b7-2+,13-5-. The van der Waals surface area contributed by atoms with Gasteiger partial charge in [-0.15, -0.1) is 0 Å². The highest BCUT2D eigenvalue weighted by Gasteiger charge is 2.00. The highest BCUT2D eigenvalue weighted by Crippen LogP contribution is 2.15. The van der Waals surface area contributed by atoms with E-state index < -0.39 is 0 Å². The SMILES string of the molecule is N#C/C(=C/C=C/c1ccco1)c1cccc(F)c1. The Balaban J connectivity index is 2.22. The third kappa shape index (κ3) is 2.96. The molecule has 0 atom stereocenters. The summed E-state index contributed by atoms with van der Waals surface area (Å²) in [5.74, 6) is 0.339. The molecule has 88 valence electrons. The molecule has 0 amide bonds. The maximum atomic E-state index is 13.0. The van der Waals surface area contributed by atoms with Crippen molar-refractivity contribution < 1.29 is 8.81 Å². The maximum Gasteiger partial charge on any atom is 0.126 e. The summed E-state index contributed by atoms with van der Waals surface area (Å²) in [5.41, 5.74) is 0.957. The quantitative estimate of drug-likeness (QED) is 0.598. The van der Waals surface area contributed by atoms with Crippen LogP contribution in [0.1, 0.15) is 11.3 Å². The fraction of sp³-hybridized carbons (Fsp3) is 0. The van der Waals surface area contributed by atoms with Crippen LogP contribution in [-0.4, -0.2) is 0 Å². The summed E-state index contributed by atoms with van der Waals surface area (Å²) < 4.78 is 18.2. The Morgan fingerprint density at radius 3 is 2.83 bits per heavy atom. The number of hydrogen-bond acceptors (Lipinski definition) is 2. The zero-order valence-electron chi connectivity index (χ0n) is 9.51. The van der Waals surface area contributed by atoms with Gasteiger partial charge in [0.15, 0.2) is 0 Å². The molecule has 0 radical (unpaired) electrons. The maximum absolute atomic E-state index is 13.0. The molecule has 3 heteroatoms. The normalized spacial score (nSPS) is 11.7. The van der Waals surface area contributed by atoms with Crippen molar-refractivity contribution in [2.75, 3.05) is 0 Å². The van der Waals surface area contributed by atoms with Crippen LogP contribution in [0.5, 0.6) is 0 Å². The van der Waals surface area contributed by atoms with E-state index in [1.54, 1.807) is 48.8 Å². The Hall–Kier alpha value is -2.60. The lowest BCUT2D eigenvalue weighted by atomic mass is 10.1. The average molecular weight is 239 g/mol. The number of furan rings is 1. The van der Waals surface area contributed by atoms with E-state index in [4.69, 9.17) is 9.68 Å². The Kier molecular flexibility index (Phi) is 3.72. The topological polar surface area (TPSA) is 36.9 Å². The molecule has 0 N–H and O–H groups in total. The molecule has 1 heterocycles. The van der Waals surface area contributed by atoms with Crippen molar-refractivity contribution in [1.82, 2.24) is 0 Å². The largest absolute Gasteiger partial charge is 0.465 e. The highest BCUT2D eigenvalue weighted by atomic mass is 19.1. The number of benzene rings is 1. The molecule has 0 aliphatic rings. The molecule has 0 saturated heterocycles. The second-order valence-electron chi connectivity index (χ2n) is 3.58. The van der Waals surface area contributed by atoms with Gasteiger partial charge >= 0.3 is 0 Å². The number of hydrogen-bond donors (Lipinski definition) is 0. The summed E-state index contributed by atoms with van der Waals surface area (Å²) >= 11 is 0. The Bertz CT molecular complexity index is 618. The molecule has 1 aromatic heterocycles. The second kappa shape index (κ2) is 5.65. The summed E-state index contributed by atoms with van der Waals surface area (Å²) in [5, 5.41) is 9.03.